The van der Waals surface area contributed by atoms with Crippen LogP contribution in [0.15, 0.2) is 12.1 Å². The Bertz CT molecular complexity index is 323. The zero-order valence-electron chi connectivity index (χ0n) is 7.63. The first-order valence-corrected chi connectivity index (χ1v) is 4.48. The molecule has 0 aromatic heterocycles. The van der Waals surface area contributed by atoms with Gasteiger partial charge in [-0.1, -0.05) is 0 Å². The highest BCUT2D eigenvalue weighted by Crippen LogP contribution is 2.31. The van der Waals surface area contributed by atoms with Gasteiger partial charge in [0.05, 0.1) is 12.3 Å². The van der Waals surface area contributed by atoms with Gasteiger partial charge in [0.25, 0.3) is 0 Å². The molecule has 13 heavy (non-hydrogen) atoms. The molecule has 0 amide bonds. The average Bonchev–Trinajstić information content (AvgIpc) is 2.19. The Hall–Kier alpha value is -1.22. The van der Waals surface area contributed by atoms with Crippen molar-refractivity contribution in [1.82, 2.24) is 0 Å². The van der Waals surface area contributed by atoms with Crippen LogP contribution in [0.5, 0.6) is 5.75 Å². The van der Waals surface area contributed by atoms with E-state index in [4.69, 9.17) is 9.94 Å². The number of rotatable bonds is 1. The van der Waals surface area contributed by atoms with Crippen molar-refractivity contribution in [2.75, 3.05) is 12.1 Å². The predicted molar refractivity (Wildman–Crippen MR) is 50.4 cm³/mol. The van der Waals surface area contributed by atoms with Gasteiger partial charge in [-0.15, -0.1) is 0 Å². The van der Waals surface area contributed by atoms with Crippen molar-refractivity contribution in [3.8, 4) is 5.75 Å². The van der Waals surface area contributed by atoms with E-state index in [0.717, 1.165) is 36.4 Å². The molecule has 2 rings (SSSR count). The molecular weight excluding hydrogens is 166 g/mol. The van der Waals surface area contributed by atoms with Crippen molar-refractivity contribution in [1.29, 1.82) is 0 Å². The molecule has 0 spiro atoms. The Balaban J connectivity index is 2.48. The van der Waals surface area contributed by atoms with E-state index in [0.29, 0.717) is 0 Å². The quantitative estimate of drug-likeness (QED) is 0.649. The van der Waals surface area contributed by atoms with Crippen molar-refractivity contribution in [2.45, 2.75) is 19.8 Å². The van der Waals surface area contributed by atoms with Crippen molar-refractivity contribution >= 4 is 5.69 Å². The van der Waals surface area contributed by atoms with Gasteiger partial charge in [0.2, 0.25) is 0 Å². The summed E-state index contributed by atoms with van der Waals surface area (Å²) in [5.74, 6) is 0.961. The van der Waals surface area contributed by atoms with Crippen LogP contribution in [0.25, 0.3) is 0 Å². The number of ether oxygens (including phenoxy) is 1. The van der Waals surface area contributed by atoms with E-state index in [1.165, 1.54) is 5.56 Å². The van der Waals surface area contributed by atoms with Gasteiger partial charge in [-0.25, -0.2) is 0 Å². The fraction of sp³-hybridized carbons (Fsp3) is 0.400. The van der Waals surface area contributed by atoms with E-state index in [1.54, 1.807) is 0 Å². The molecule has 1 aromatic carbocycles. The summed E-state index contributed by atoms with van der Waals surface area (Å²) in [5, 5.41) is 8.83. The molecule has 0 bridgehead atoms. The maximum absolute atomic E-state index is 8.83. The van der Waals surface area contributed by atoms with Crippen LogP contribution >= 0.6 is 0 Å². The predicted octanol–water partition coefficient (Wildman–Crippen LogP) is 2.12. The minimum absolute atomic E-state index is 0.768. The molecule has 2 N–H and O–H groups in total. The summed E-state index contributed by atoms with van der Waals surface area (Å²) in [6.07, 6.45) is 2.10. The SMILES string of the molecule is Cc1c(NO)ccc2c1CCCO2. The summed E-state index contributed by atoms with van der Waals surface area (Å²) >= 11 is 0. The summed E-state index contributed by atoms with van der Waals surface area (Å²) in [6, 6.07) is 3.74. The zero-order chi connectivity index (χ0) is 9.26. The van der Waals surface area contributed by atoms with Gasteiger partial charge in [-0.05, 0) is 43.0 Å². The fourth-order valence-corrected chi connectivity index (χ4v) is 1.73. The van der Waals surface area contributed by atoms with Gasteiger partial charge >= 0.3 is 0 Å². The number of hydrogen-bond acceptors (Lipinski definition) is 3. The molecular formula is C10H13NO2. The topological polar surface area (TPSA) is 41.5 Å². The van der Waals surface area contributed by atoms with Crippen LogP contribution in [0.2, 0.25) is 0 Å². The molecule has 1 aliphatic heterocycles. The summed E-state index contributed by atoms with van der Waals surface area (Å²) in [6.45, 7) is 2.80. The third-order valence-corrected chi connectivity index (χ3v) is 2.50. The molecule has 1 aliphatic rings. The van der Waals surface area contributed by atoms with Gasteiger partial charge in [-0.2, -0.15) is 0 Å². The van der Waals surface area contributed by atoms with E-state index < -0.39 is 0 Å². The van der Waals surface area contributed by atoms with E-state index in [-0.39, 0.29) is 0 Å². The summed E-state index contributed by atoms with van der Waals surface area (Å²) in [5.41, 5.74) is 5.25. The second-order valence-corrected chi connectivity index (χ2v) is 3.28. The third-order valence-electron chi connectivity index (χ3n) is 2.50. The number of hydrogen-bond donors (Lipinski definition) is 2. The molecule has 0 saturated carbocycles. The van der Waals surface area contributed by atoms with Crippen LogP contribution < -0.4 is 10.2 Å². The van der Waals surface area contributed by atoms with E-state index in [9.17, 15) is 0 Å². The Morgan fingerprint density at radius 2 is 2.31 bits per heavy atom. The normalized spacial score (nSPS) is 14.6. The number of anilines is 1. The second kappa shape index (κ2) is 3.26. The van der Waals surface area contributed by atoms with Crippen LogP contribution in [0.3, 0.4) is 0 Å². The van der Waals surface area contributed by atoms with Gasteiger partial charge in [0.15, 0.2) is 0 Å². The first-order valence-electron chi connectivity index (χ1n) is 4.48. The van der Waals surface area contributed by atoms with Crippen LogP contribution in [0.1, 0.15) is 17.5 Å². The summed E-state index contributed by atoms with van der Waals surface area (Å²) < 4.78 is 5.49. The van der Waals surface area contributed by atoms with Gasteiger partial charge < -0.3 is 4.74 Å². The molecule has 0 aliphatic carbocycles. The maximum atomic E-state index is 8.83. The first-order chi connectivity index (χ1) is 6.33. The third kappa shape index (κ3) is 1.35. The van der Waals surface area contributed by atoms with Crippen molar-refractivity contribution < 1.29 is 9.94 Å². The van der Waals surface area contributed by atoms with Crippen LogP contribution in [-0.4, -0.2) is 11.8 Å². The maximum Gasteiger partial charge on any atom is 0.122 e. The smallest absolute Gasteiger partial charge is 0.122 e. The molecule has 1 aromatic rings. The lowest BCUT2D eigenvalue weighted by atomic mass is 9.99. The zero-order valence-corrected chi connectivity index (χ0v) is 7.63. The molecule has 0 atom stereocenters. The molecule has 70 valence electrons. The van der Waals surface area contributed by atoms with Crippen LogP contribution in [0.4, 0.5) is 5.69 Å². The average molecular weight is 179 g/mol. The lowest BCUT2D eigenvalue weighted by Gasteiger charge is -2.20. The summed E-state index contributed by atoms with van der Waals surface area (Å²) in [7, 11) is 0. The highest BCUT2D eigenvalue weighted by Gasteiger charge is 2.14. The molecule has 0 radical (unpaired) electrons. The van der Waals surface area contributed by atoms with Crippen molar-refractivity contribution in [3.63, 3.8) is 0 Å². The number of benzene rings is 1. The minimum Gasteiger partial charge on any atom is -0.493 e. The van der Waals surface area contributed by atoms with Gasteiger partial charge in [0, 0.05) is 0 Å². The molecule has 0 saturated heterocycles. The number of nitrogens with one attached hydrogen (secondary N) is 1. The van der Waals surface area contributed by atoms with Crippen molar-refractivity contribution in [2.24, 2.45) is 0 Å². The minimum atomic E-state index is 0.768. The largest absolute Gasteiger partial charge is 0.493 e. The van der Waals surface area contributed by atoms with Gasteiger partial charge in [-0.3, -0.25) is 10.7 Å². The van der Waals surface area contributed by atoms with E-state index >= 15 is 0 Å². The van der Waals surface area contributed by atoms with Crippen LogP contribution in [0, 0.1) is 6.92 Å². The lowest BCUT2D eigenvalue weighted by molar-refractivity contribution is 0.287. The Kier molecular flexibility index (Phi) is 2.10. The van der Waals surface area contributed by atoms with Crippen LogP contribution in [-0.2, 0) is 6.42 Å². The van der Waals surface area contributed by atoms with Crippen molar-refractivity contribution in [3.05, 3.63) is 23.3 Å². The lowest BCUT2D eigenvalue weighted by Crippen LogP contribution is -2.10. The molecule has 1 heterocycles. The highest BCUT2D eigenvalue weighted by molar-refractivity contribution is 5.57. The molecule has 0 fully saturated rings. The first kappa shape index (κ1) is 8.38. The Morgan fingerprint density at radius 3 is 3.08 bits per heavy atom. The molecule has 3 nitrogen and oxygen atoms in total. The molecule has 3 heteroatoms. The standard InChI is InChI=1S/C10H13NO2/c1-7-8-3-2-6-13-10(8)5-4-9(7)11-12/h4-5,11-12H,2-3,6H2,1H3. The van der Waals surface area contributed by atoms with E-state index in [1.807, 2.05) is 19.1 Å². The highest BCUT2D eigenvalue weighted by atomic mass is 16.5. The Morgan fingerprint density at radius 1 is 1.46 bits per heavy atom. The second-order valence-electron chi connectivity index (χ2n) is 3.28. The monoisotopic (exact) mass is 179 g/mol. The fourth-order valence-electron chi connectivity index (χ4n) is 1.73. The number of fused-ring (bicyclic) bond motifs is 1. The Labute approximate surface area is 77.3 Å². The van der Waals surface area contributed by atoms with Gasteiger partial charge in [0.1, 0.15) is 5.75 Å². The van der Waals surface area contributed by atoms with E-state index in [2.05, 4.69) is 5.48 Å². The molecule has 0 unspecified atom stereocenters. The summed E-state index contributed by atoms with van der Waals surface area (Å²) in [4.78, 5) is 0.